The summed E-state index contributed by atoms with van der Waals surface area (Å²) in [5.74, 6) is 0.366. The minimum Gasteiger partial charge on any atom is -0.349 e. The summed E-state index contributed by atoms with van der Waals surface area (Å²) in [5.41, 5.74) is 3.96. The molecule has 8 heteroatoms. The van der Waals surface area contributed by atoms with E-state index in [2.05, 4.69) is 33.7 Å². The van der Waals surface area contributed by atoms with E-state index < -0.39 is 0 Å². The zero-order chi connectivity index (χ0) is 23.1. The lowest BCUT2D eigenvalue weighted by atomic mass is 9.86. The highest BCUT2D eigenvalue weighted by Crippen LogP contribution is 2.26. The number of aromatic nitrogens is 3. The number of hydrogen-bond acceptors (Lipinski definition) is 6. The molecule has 1 aliphatic rings. The number of amides is 1. The maximum atomic E-state index is 13.1. The fourth-order valence-corrected chi connectivity index (χ4v) is 5.28. The van der Waals surface area contributed by atoms with E-state index in [4.69, 9.17) is 0 Å². The van der Waals surface area contributed by atoms with Crippen LogP contribution in [0.1, 0.15) is 54.1 Å². The van der Waals surface area contributed by atoms with Gasteiger partial charge in [-0.25, -0.2) is 4.98 Å². The van der Waals surface area contributed by atoms with Crippen molar-refractivity contribution in [1.82, 2.24) is 19.9 Å². The maximum Gasteiger partial charge on any atom is 0.283 e. The number of nitrogens with one attached hydrogen (secondary N) is 2. The van der Waals surface area contributed by atoms with Gasteiger partial charge < -0.3 is 10.6 Å². The van der Waals surface area contributed by atoms with E-state index in [1.165, 1.54) is 22.3 Å². The van der Waals surface area contributed by atoms with E-state index in [0.29, 0.717) is 32.5 Å². The highest BCUT2D eigenvalue weighted by atomic mass is 32.1. The molecule has 0 bridgehead atoms. The SMILES string of the molecule is Cc1ccc(C)c(Nc2nn3c(=O)c4ccc(C(=O)N[C@H]5CCCC[C@@H]5C)cc4nc3s2)c1. The standard InChI is InChI=1S/C25H27N5O2S/c1-14-8-9-16(3)20(12-14)27-24-29-30-23(32)18-11-10-17(13-21(18)28-25(30)33-24)22(31)26-19-7-5-4-6-15(19)2/h8-13,15,19H,4-7H2,1-3H3,(H,26,31)(H,27,29)/t15-,19-/m0/s1. The first kappa shape index (κ1) is 21.6. The molecule has 0 spiro atoms. The third kappa shape index (κ3) is 4.23. The third-order valence-electron chi connectivity index (χ3n) is 6.52. The molecule has 0 aliphatic heterocycles. The molecule has 7 nitrogen and oxygen atoms in total. The monoisotopic (exact) mass is 461 g/mol. The first-order valence-corrected chi connectivity index (χ1v) is 12.2. The lowest BCUT2D eigenvalue weighted by molar-refractivity contribution is 0.0910. The minimum absolute atomic E-state index is 0.112. The second-order valence-corrected chi connectivity index (χ2v) is 9.99. The fourth-order valence-electron chi connectivity index (χ4n) is 4.47. The Bertz CT molecular complexity index is 1420. The van der Waals surface area contributed by atoms with Crippen LogP contribution in [0.25, 0.3) is 15.9 Å². The van der Waals surface area contributed by atoms with Gasteiger partial charge >= 0.3 is 0 Å². The van der Waals surface area contributed by atoms with E-state index >= 15 is 0 Å². The second-order valence-electron chi connectivity index (χ2n) is 9.04. The van der Waals surface area contributed by atoms with Crippen molar-refractivity contribution in [3.05, 3.63) is 63.4 Å². The van der Waals surface area contributed by atoms with Crippen LogP contribution in [0.2, 0.25) is 0 Å². The van der Waals surface area contributed by atoms with E-state index in [0.717, 1.165) is 36.1 Å². The van der Waals surface area contributed by atoms with Crippen molar-refractivity contribution < 1.29 is 4.79 Å². The van der Waals surface area contributed by atoms with Gasteiger partial charge in [-0.2, -0.15) is 4.52 Å². The van der Waals surface area contributed by atoms with Crippen LogP contribution in [-0.4, -0.2) is 26.5 Å². The number of aryl methyl sites for hydroxylation is 2. The molecular weight excluding hydrogens is 434 g/mol. The predicted octanol–water partition coefficient (Wildman–Crippen LogP) is 4.97. The fraction of sp³-hybridized carbons (Fsp3) is 0.360. The zero-order valence-electron chi connectivity index (χ0n) is 19.0. The van der Waals surface area contributed by atoms with Crippen LogP contribution in [-0.2, 0) is 0 Å². The van der Waals surface area contributed by atoms with Gasteiger partial charge in [-0.05, 0) is 68.0 Å². The van der Waals surface area contributed by atoms with Crippen molar-refractivity contribution >= 4 is 43.9 Å². The van der Waals surface area contributed by atoms with Crippen LogP contribution in [0.3, 0.4) is 0 Å². The summed E-state index contributed by atoms with van der Waals surface area (Å²) in [6.45, 7) is 6.25. The minimum atomic E-state index is -0.242. The molecule has 2 atom stereocenters. The van der Waals surface area contributed by atoms with Gasteiger partial charge in [0.1, 0.15) is 0 Å². The number of carbonyl (C=O) groups excluding carboxylic acids is 1. The van der Waals surface area contributed by atoms with Crippen molar-refractivity contribution in [2.45, 2.75) is 52.5 Å². The lowest BCUT2D eigenvalue weighted by Crippen LogP contribution is -2.41. The molecule has 2 N–H and O–H groups in total. The average molecular weight is 462 g/mol. The molecular formula is C25H27N5O2S. The summed E-state index contributed by atoms with van der Waals surface area (Å²) in [5, 5.41) is 12.0. The number of nitrogens with zero attached hydrogens (tertiary/aromatic N) is 3. The number of rotatable bonds is 4. The summed E-state index contributed by atoms with van der Waals surface area (Å²) in [6, 6.07) is 11.4. The molecule has 5 rings (SSSR count). The average Bonchev–Trinajstić information content (AvgIpc) is 3.20. The Morgan fingerprint density at radius 3 is 2.76 bits per heavy atom. The molecule has 0 saturated heterocycles. The molecule has 1 aliphatic carbocycles. The molecule has 1 fully saturated rings. The van der Waals surface area contributed by atoms with Gasteiger partial charge in [-0.3, -0.25) is 9.59 Å². The Hall–Kier alpha value is -3.26. The van der Waals surface area contributed by atoms with Gasteiger partial charge in [0, 0.05) is 17.3 Å². The summed E-state index contributed by atoms with van der Waals surface area (Å²) >= 11 is 1.31. The number of fused-ring (bicyclic) bond motifs is 2. The van der Waals surface area contributed by atoms with Gasteiger partial charge in [-0.1, -0.05) is 43.2 Å². The van der Waals surface area contributed by atoms with Crippen LogP contribution >= 0.6 is 11.3 Å². The smallest absolute Gasteiger partial charge is 0.283 e. The first-order chi connectivity index (χ1) is 15.9. The van der Waals surface area contributed by atoms with E-state index in [9.17, 15) is 9.59 Å². The van der Waals surface area contributed by atoms with Crippen LogP contribution in [0.15, 0.2) is 41.2 Å². The van der Waals surface area contributed by atoms with Crippen LogP contribution in [0.5, 0.6) is 0 Å². The Morgan fingerprint density at radius 2 is 1.94 bits per heavy atom. The number of benzene rings is 2. The normalized spacial score (nSPS) is 18.5. The topological polar surface area (TPSA) is 88.4 Å². The highest BCUT2D eigenvalue weighted by Gasteiger charge is 2.23. The number of anilines is 2. The molecule has 0 radical (unpaired) electrons. The Labute approximate surface area is 195 Å². The largest absolute Gasteiger partial charge is 0.349 e. The molecule has 170 valence electrons. The quantitative estimate of drug-likeness (QED) is 0.448. The molecule has 1 saturated carbocycles. The summed E-state index contributed by atoms with van der Waals surface area (Å²) in [7, 11) is 0. The molecule has 2 aromatic carbocycles. The van der Waals surface area contributed by atoms with Crippen molar-refractivity contribution in [1.29, 1.82) is 0 Å². The maximum absolute atomic E-state index is 13.1. The summed E-state index contributed by atoms with van der Waals surface area (Å²) in [4.78, 5) is 31.1. The van der Waals surface area contributed by atoms with E-state index in [-0.39, 0.29) is 17.5 Å². The molecule has 1 amide bonds. The first-order valence-electron chi connectivity index (χ1n) is 11.4. The van der Waals surface area contributed by atoms with Gasteiger partial charge in [0.25, 0.3) is 11.5 Å². The number of carbonyl (C=O) groups is 1. The van der Waals surface area contributed by atoms with Gasteiger partial charge in [0.15, 0.2) is 0 Å². The third-order valence-corrected chi connectivity index (χ3v) is 7.35. The van der Waals surface area contributed by atoms with E-state index in [1.807, 2.05) is 26.0 Å². The summed E-state index contributed by atoms with van der Waals surface area (Å²) in [6.07, 6.45) is 4.52. The van der Waals surface area contributed by atoms with Crippen molar-refractivity contribution in [3.63, 3.8) is 0 Å². The van der Waals surface area contributed by atoms with Crippen molar-refractivity contribution in [3.8, 4) is 0 Å². The van der Waals surface area contributed by atoms with Crippen molar-refractivity contribution in [2.24, 2.45) is 5.92 Å². The summed E-state index contributed by atoms with van der Waals surface area (Å²) < 4.78 is 1.32. The molecule has 0 unspecified atom stereocenters. The highest BCUT2D eigenvalue weighted by molar-refractivity contribution is 7.20. The van der Waals surface area contributed by atoms with Crippen molar-refractivity contribution in [2.75, 3.05) is 5.32 Å². The predicted molar refractivity (Wildman–Crippen MR) is 133 cm³/mol. The van der Waals surface area contributed by atoms with Crippen LogP contribution < -0.4 is 16.2 Å². The Morgan fingerprint density at radius 1 is 1.12 bits per heavy atom. The van der Waals surface area contributed by atoms with E-state index in [1.54, 1.807) is 18.2 Å². The van der Waals surface area contributed by atoms with Gasteiger partial charge in [-0.15, -0.1) is 5.10 Å². The zero-order valence-corrected chi connectivity index (χ0v) is 19.8. The molecule has 33 heavy (non-hydrogen) atoms. The lowest BCUT2D eigenvalue weighted by Gasteiger charge is -2.29. The van der Waals surface area contributed by atoms with Gasteiger partial charge in [0.2, 0.25) is 10.1 Å². The number of hydrogen-bond donors (Lipinski definition) is 2. The van der Waals surface area contributed by atoms with Gasteiger partial charge in [0.05, 0.1) is 10.9 Å². The van der Waals surface area contributed by atoms with Crippen LogP contribution in [0, 0.1) is 19.8 Å². The van der Waals surface area contributed by atoms with Crippen LogP contribution in [0.4, 0.5) is 10.8 Å². The Balaban J connectivity index is 1.46. The molecule has 2 heterocycles. The molecule has 4 aromatic rings. The Kier molecular flexibility index (Phi) is 5.62. The second kappa shape index (κ2) is 8.59. The molecule has 2 aromatic heterocycles.